The van der Waals surface area contributed by atoms with Gasteiger partial charge in [-0.15, -0.1) is 0 Å². The van der Waals surface area contributed by atoms with Crippen LogP contribution in [0.5, 0.6) is 0 Å². The Labute approximate surface area is 194 Å². The normalized spacial score (nSPS) is 17.7. The minimum absolute atomic E-state index is 0.0163. The zero-order valence-corrected chi connectivity index (χ0v) is 20.0. The van der Waals surface area contributed by atoms with E-state index in [0.717, 1.165) is 24.2 Å². The molecule has 1 unspecified atom stereocenters. The topological polar surface area (TPSA) is 56.1 Å². The molecule has 0 bridgehead atoms. The second-order valence-corrected chi connectivity index (χ2v) is 9.45. The molecule has 0 aromatic heterocycles. The Hall–Kier alpha value is -2.48. The number of amides is 1. The van der Waals surface area contributed by atoms with Crippen LogP contribution in [0.15, 0.2) is 35.9 Å². The highest BCUT2D eigenvalue weighted by Crippen LogP contribution is 2.45. The van der Waals surface area contributed by atoms with E-state index in [0.29, 0.717) is 27.2 Å². The summed E-state index contributed by atoms with van der Waals surface area (Å²) in [6.07, 6.45) is 2.57. The van der Waals surface area contributed by atoms with Gasteiger partial charge in [0.15, 0.2) is 0 Å². The average molecular weight is 456 g/mol. The third kappa shape index (κ3) is 4.59. The Morgan fingerprint density at radius 1 is 1.32 bits per heavy atom. The maximum absolute atomic E-state index is 12.8. The van der Waals surface area contributed by atoms with E-state index < -0.39 is 5.91 Å². The molecule has 1 aliphatic rings. The van der Waals surface area contributed by atoms with Crippen LogP contribution in [0.25, 0.3) is 6.08 Å². The van der Waals surface area contributed by atoms with Gasteiger partial charge in [-0.2, -0.15) is 5.26 Å². The number of nitrogens with zero attached hydrogens (tertiary/aromatic N) is 2. The molecular formula is C25H27Cl2N3O. The quantitative estimate of drug-likeness (QED) is 0.400. The highest BCUT2D eigenvalue weighted by Gasteiger charge is 2.35. The fourth-order valence-electron chi connectivity index (χ4n) is 4.47. The number of fused-ring (bicyclic) bond motifs is 1. The van der Waals surface area contributed by atoms with Crippen molar-refractivity contribution in [2.45, 2.75) is 52.5 Å². The van der Waals surface area contributed by atoms with E-state index in [1.54, 1.807) is 24.3 Å². The van der Waals surface area contributed by atoms with E-state index in [-0.39, 0.29) is 11.1 Å². The number of halogens is 2. The first-order valence-electron chi connectivity index (χ1n) is 10.4. The van der Waals surface area contributed by atoms with Gasteiger partial charge in [-0.3, -0.25) is 4.79 Å². The van der Waals surface area contributed by atoms with Crippen LogP contribution in [-0.4, -0.2) is 18.0 Å². The van der Waals surface area contributed by atoms with Crippen LogP contribution in [0.4, 0.5) is 11.4 Å². The summed E-state index contributed by atoms with van der Waals surface area (Å²) >= 11 is 12.7. The van der Waals surface area contributed by atoms with Gasteiger partial charge in [0.1, 0.15) is 11.6 Å². The minimum atomic E-state index is -0.494. The lowest BCUT2D eigenvalue weighted by atomic mass is 9.79. The first kappa shape index (κ1) is 23.2. The van der Waals surface area contributed by atoms with Crippen molar-refractivity contribution in [1.82, 2.24) is 0 Å². The van der Waals surface area contributed by atoms with Gasteiger partial charge in [-0.05, 0) is 87.1 Å². The second-order valence-electron chi connectivity index (χ2n) is 8.63. The van der Waals surface area contributed by atoms with E-state index >= 15 is 0 Å². The summed E-state index contributed by atoms with van der Waals surface area (Å²) in [6, 6.07) is 11.2. The van der Waals surface area contributed by atoms with Crippen LogP contribution < -0.4 is 10.2 Å². The predicted molar refractivity (Wildman–Crippen MR) is 130 cm³/mol. The summed E-state index contributed by atoms with van der Waals surface area (Å²) in [6.45, 7) is 11.5. The summed E-state index contributed by atoms with van der Waals surface area (Å²) in [5, 5.41) is 13.5. The lowest BCUT2D eigenvalue weighted by Crippen LogP contribution is -2.48. The van der Waals surface area contributed by atoms with Gasteiger partial charge >= 0.3 is 0 Å². The maximum atomic E-state index is 12.8. The number of hydrogen-bond donors (Lipinski definition) is 1. The summed E-state index contributed by atoms with van der Waals surface area (Å²) in [5.74, 6) is -0.156. The van der Waals surface area contributed by atoms with Crippen molar-refractivity contribution in [3.8, 4) is 6.07 Å². The molecule has 0 saturated heterocycles. The Balaban J connectivity index is 1.98. The van der Waals surface area contributed by atoms with Gasteiger partial charge in [-0.25, -0.2) is 0 Å². The SMILES string of the molecule is CCN1c2cc(Cl)c(/C=C(\C#N)C(=O)Nc3cccc(Cl)c3C)cc2C(C)CC1(C)C. The molecule has 0 saturated carbocycles. The van der Waals surface area contributed by atoms with Gasteiger partial charge in [0.05, 0.1) is 0 Å². The second kappa shape index (κ2) is 8.94. The highest BCUT2D eigenvalue weighted by molar-refractivity contribution is 6.33. The summed E-state index contributed by atoms with van der Waals surface area (Å²) in [5.41, 5.74) is 4.30. The van der Waals surface area contributed by atoms with Crippen molar-refractivity contribution in [1.29, 1.82) is 5.26 Å². The highest BCUT2D eigenvalue weighted by atomic mass is 35.5. The van der Waals surface area contributed by atoms with Gasteiger partial charge in [0.2, 0.25) is 0 Å². The van der Waals surface area contributed by atoms with E-state index in [9.17, 15) is 10.1 Å². The molecule has 3 rings (SSSR count). The predicted octanol–water partition coefficient (Wildman–Crippen LogP) is 6.96. The number of carbonyl (C=O) groups excluding carboxylic acids is 1. The summed E-state index contributed by atoms with van der Waals surface area (Å²) < 4.78 is 0. The number of anilines is 2. The molecule has 1 N–H and O–H groups in total. The number of hydrogen-bond acceptors (Lipinski definition) is 3. The van der Waals surface area contributed by atoms with Crippen molar-refractivity contribution >= 4 is 46.6 Å². The van der Waals surface area contributed by atoms with Gasteiger partial charge < -0.3 is 10.2 Å². The Morgan fingerprint density at radius 2 is 2.03 bits per heavy atom. The zero-order valence-electron chi connectivity index (χ0n) is 18.5. The van der Waals surface area contributed by atoms with Crippen LogP contribution in [0.3, 0.4) is 0 Å². The fourth-order valence-corrected chi connectivity index (χ4v) is 4.85. The molecule has 2 aromatic carbocycles. The lowest BCUT2D eigenvalue weighted by molar-refractivity contribution is -0.112. The van der Waals surface area contributed by atoms with Crippen molar-refractivity contribution in [2.24, 2.45) is 0 Å². The molecule has 0 fully saturated rings. The van der Waals surface area contributed by atoms with Crippen LogP contribution in [-0.2, 0) is 4.79 Å². The van der Waals surface area contributed by atoms with Crippen molar-refractivity contribution < 1.29 is 4.79 Å². The van der Waals surface area contributed by atoms with Gasteiger partial charge in [0, 0.05) is 33.5 Å². The van der Waals surface area contributed by atoms with Crippen LogP contribution in [0.1, 0.15) is 56.7 Å². The largest absolute Gasteiger partial charge is 0.366 e. The third-order valence-electron chi connectivity index (χ3n) is 6.00. The van der Waals surface area contributed by atoms with Crippen molar-refractivity contribution in [2.75, 3.05) is 16.8 Å². The lowest BCUT2D eigenvalue weighted by Gasteiger charge is -2.47. The average Bonchev–Trinajstić information content (AvgIpc) is 2.69. The van der Waals surface area contributed by atoms with E-state index in [2.05, 4.69) is 37.9 Å². The molecule has 1 aliphatic heterocycles. The van der Waals surface area contributed by atoms with E-state index in [1.807, 2.05) is 25.1 Å². The zero-order chi connectivity index (χ0) is 22.9. The first-order valence-corrected chi connectivity index (χ1v) is 11.1. The Bertz CT molecular complexity index is 1100. The van der Waals surface area contributed by atoms with Crippen LogP contribution in [0.2, 0.25) is 10.0 Å². The van der Waals surface area contributed by atoms with Crippen molar-refractivity contribution in [3.05, 3.63) is 62.6 Å². The molecular weight excluding hydrogens is 429 g/mol. The van der Waals surface area contributed by atoms with Crippen molar-refractivity contribution in [3.63, 3.8) is 0 Å². The summed E-state index contributed by atoms with van der Waals surface area (Å²) in [7, 11) is 0. The smallest absolute Gasteiger partial charge is 0.266 e. The molecule has 1 heterocycles. The molecule has 1 amide bonds. The van der Waals surface area contributed by atoms with Crippen LogP contribution in [0, 0.1) is 18.3 Å². The fraction of sp³-hybridized carbons (Fsp3) is 0.360. The molecule has 162 valence electrons. The van der Waals surface area contributed by atoms with Gasteiger partial charge in [-0.1, -0.05) is 36.2 Å². The third-order valence-corrected chi connectivity index (χ3v) is 6.74. The minimum Gasteiger partial charge on any atom is -0.366 e. The molecule has 0 aliphatic carbocycles. The molecule has 2 aromatic rings. The first-order chi connectivity index (χ1) is 14.6. The van der Waals surface area contributed by atoms with Gasteiger partial charge in [0.25, 0.3) is 5.91 Å². The molecule has 1 atom stereocenters. The molecule has 31 heavy (non-hydrogen) atoms. The molecule has 0 spiro atoms. The maximum Gasteiger partial charge on any atom is 0.266 e. The molecule has 0 radical (unpaired) electrons. The van der Waals surface area contributed by atoms with E-state index in [4.69, 9.17) is 23.2 Å². The summed E-state index contributed by atoms with van der Waals surface area (Å²) in [4.78, 5) is 15.1. The van der Waals surface area contributed by atoms with E-state index in [1.165, 1.54) is 5.56 Å². The van der Waals surface area contributed by atoms with Crippen LogP contribution >= 0.6 is 23.2 Å². The molecule has 4 nitrogen and oxygen atoms in total. The number of rotatable bonds is 4. The Morgan fingerprint density at radius 3 is 2.68 bits per heavy atom. The molecule has 6 heteroatoms. The number of nitriles is 1. The standard InChI is InChI=1S/C25H27Cl2N3O/c1-6-30-23-12-21(27)17(11-19(23)15(2)13-25(30,4)5)10-18(14-28)24(31)29-22-9-7-8-20(26)16(22)3/h7-12,15H,6,13H2,1-5H3,(H,29,31)/b18-10+. The monoisotopic (exact) mass is 455 g/mol. The number of nitrogens with one attached hydrogen (secondary N) is 1. The Kier molecular flexibility index (Phi) is 6.69. The number of benzene rings is 2. The number of carbonyl (C=O) groups is 1.